The first-order valence-corrected chi connectivity index (χ1v) is 9.77. The number of nitrogens with two attached hydrogens (primary N) is 1. The lowest BCUT2D eigenvalue weighted by molar-refractivity contribution is 0.0518. The van der Waals surface area contributed by atoms with Crippen LogP contribution in [-0.2, 0) is 0 Å². The van der Waals surface area contributed by atoms with E-state index in [1.165, 1.54) is 0 Å². The molecule has 0 spiro atoms. The number of primary amides is 1. The number of rotatable bonds is 3. The van der Waals surface area contributed by atoms with E-state index in [1.807, 2.05) is 43.3 Å². The Morgan fingerprint density at radius 2 is 2.07 bits per heavy atom. The van der Waals surface area contributed by atoms with Crippen LogP contribution in [0.5, 0.6) is 0 Å². The summed E-state index contributed by atoms with van der Waals surface area (Å²) in [6, 6.07) is 12.9. The van der Waals surface area contributed by atoms with Crippen molar-refractivity contribution in [2.24, 2.45) is 5.73 Å². The van der Waals surface area contributed by atoms with Gasteiger partial charge < -0.3 is 15.7 Å². The zero-order chi connectivity index (χ0) is 20.3. The molecule has 4 nitrogen and oxygen atoms in total. The van der Waals surface area contributed by atoms with Gasteiger partial charge in [-0.25, -0.2) is 0 Å². The number of nitrogens with zero attached hydrogens (tertiary/aromatic N) is 1. The van der Waals surface area contributed by atoms with E-state index in [9.17, 15) is 9.90 Å². The number of hydrogen-bond acceptors (Lipinski definition) is 3. The fourth-order valence-corrected chi connectivity index (χ4v) is 3.97. The van der Waals surface area contributed by atoms with Crippen molar-refractivity contribution < 1.29 is 9.90 Å². The molecule has 1 amide bonds. The molecule has 2 aromatic carbocycles. The second kappa shape index (κ2) is 8.26. The Morgan fingerprint density at radius 3 is 2.75 bits per heavy atom. The maximum absolute atomic E-state index is 12.0. The molecule has 146 valence electrons. The first-order chi connectivity index (χ1) is 13.3. The molecule has 0 radical (unpaired) electrons. The Balaban J connectivity index is 1.91. The van der Waals surface area contributed by atoms with Crippen LogP contribution in [0, 0.1) is 11.8 Å². The van der Waals surface area contributed by atoms with Gasteiger partial charge in [-0.1, -0.05) is 29.5 Å². The van der Waals surface area contributed by atoms with Crippen LogP contribution >= 0.6 is 11.6 Å². The Hall–Kier alpha value is -2.48. The molecule has 2 atom stereocenters. The van der Waals surface area contributed by atoms with Crippen molar-refractivity contribution in [1.82, 2.24) is 0 Å². The lowest BCUT2D eigenvalue weighted by Gasteiger charge is -2.34. The molecule has 0 unspecified atom stereocenters. The Labute approximate surface area is 171 Å². The van der Waals surface area contributed by atoms with Gasteiger partial charge in [0, 0.05) is 35.9 Å². The van der Waals surface area contributed by atoms with Gasteiger partial charge in [-0.15, -0.1) is 0 Å². The predicted octanol–water partition coefficient (Wildman–Crippen LogP) is 3.95. The van der Waals surface area contributed by atoms with Crippen LogP contribution < -0.4 is 10.6 Å². The molecule has 0 bridgehead atoms. The molecule has 1 saturated carbocycles. The molecule has 5 heteroatoms. The van der Waals surface area contributed by atoms with Gasteiger partial charge in [0.05, 0.1) is 0 Å². The summed E-state index contributed by atoms with van der Waals surface area (Å²) < 4.78 is 0. The highest BCUT2D eigenvalue weighted by Crippen LogP contribution is 2.40. The number of hydrogen-bond donors (Lipinski definition) is 2. The van der Waals surface area contributed by atoms with Gasteiger partial charge >= 0.3 is 0 Å². The van der Waals surface area contributed by atoms with E-state index in [0.717, 1.165) is 29.7 Å². The highest BCUT2D eigenvalue weighted by molar-refractivity contribution is 6.30. The molecule has 3 N–H and O–H groups in total. The summed E-state index contributed by atoms with van der Waals surface area (Å²) in [5.41, 5.74) is 7.68. The standard InChI is InChI=1S/C23H25ClN2O2/c1-26(2)19-8-9-20(22(25)27)21(14-19)17-6-4-11-23(28,15-17)12-10-16-5-3-7-18(24)13-16/h3,5,7-9,13-14,17,28H,4,6,11,15H2,1-2H3,(H2,25,27)/t17-,23+/m0/s1. The third-order valence-electron chi connectivity index (χ3n) is 5.25. The van der Waals surface area contributed by atoms with E-state index >= 15 is 0 Å². The zero-order valence-corrected chi connectivity index (χ0v) is 17.0. The third-order valence-corrected chi connectivity index (χ3v) is 5.48. The molecule has 1 aliphatic rings. The van der Waals surface area contributed by atoms with Crippen LogP contribution in [0.2, 0.25) is 5.02 Å². The molecule has 0 heterocycles. The van der Waals surface area contributed by atoms with Crippen molar-refractivity contribution in [3.8, 4) is 11.8 Å². The summed E-state index contributed by atoms with van der Waals surface area (Å²) in [5, 5.41) is 11.7. The summed E-state index contributed by atoms with van der Waals surface area (Å²) in [5.74, 6) is 5.68. The van der Waals surface area contributed by atoms with E-state index < -0.39 is 11.5 Å². The maximum Gasteiger partial charge on any atom is 0.248 e. The molecule has 0 saturated heterocycles. The average molecular weight is 397 g/mol. The van der Waals surface area contributed by atoms with Crippen molar-refractivity contribution in [3.05, 3.63) is 64.2 Å². The van der Waals surface area contributed by atoms with Gasteiger partial charge in [0.1, 0.15) is 5.60 Å². The van der Waals surface area contributed by atoms with Crippen LogP contribution in [0.25, 0.3) is 0 Å². The summed E-state index contributed by atoms with van der Waals surface area (Å²) in [6.45, 7) is 0. The SMILES string of the molecule is CN(C)c1ccc(C(N)=O)c([C@H]2CCC[C@@](O)(C#Cc3cccc(Cl)c3)C2)c1. The molecular formula is C23H25ClN2O2. The Bertz CT molecular complexity index is 945. The van der Waals surface area contributed by atoms with Gasteiger partial charge in [-0.05, 0) is 73.6 Å². The first-order valence-electron chi connectivity index (χ1n) is 9.40. The maximum atomic E-state index is 12.0. The minimum Gasteiger partial charge on any atom is -0.378 e. The predicted molar refractivity (Wildman–Crippen MR) is 114 cm³/mol. The number of benzene rings is 2. The molecule has 3 rings (SSSR count). The topological polar surface area (TPSA) is 66.6 Å². The smallest absolute Gasteiger partial charge is 0.248 e. The van der Waals surface area contributed by atoms with E-state index in [4.69, 9.17) is 17.3 Å². The van der Waals surface area contributed by atoms with E-state index in [-0.39, 0.29) is 5.92 Å². The molecule has 0 aliphatic heterocycles. The van der Waals surface area contributed by atoms with Crippen molar-refractivity contribution in [2.75, 3.05) is 19.0 Å². The van der Waals surface area contributed by atoms with Crippen LogP contribution in [0.3, 0.4) is 0 Å². The van der Waals surface area contributed by atoms with Gasteiger partial charge in [0.25, 0.3) is 0 Å². The third kappa shape index (κ3) is 4.67. The number of carbonyl (C=O) groups excluding carboxylic acids is 1. The number of anilines is 1. The van der Waals surface area contributed by atoms with E-state index in [2.05, 4.69) is 11.8 Å². The quantitative estimate of drug-likeness (QED) is 0.772. The number of aliphatic hydroxyl groups is 1. The normalized spacial score (nSPS) is 21.5. The van der Waals surface area contributed by atoms with Crippen molar-refractivity contribution in [2.45, 2.75) is 37.2 Å². The number of amides is 1. The number of carbonyl (C=O) groups is 1. The summed E-state index contributed by atoms with van der Waals surface area (Å²) in [4.78, 5) is 13.9. The van der Waals surface area contributed by atoms with E-state index in [0.29, 0.717) is 23.4 Å². The first kappa shape index (κ1) is 20.3. The van der Waals surface area contributed by atoms with Crippen molar-refractivity contribution in [3.63, 3.8) is 0 Å². The Morgan fingerprint density at radius 1 is 1.29 bits per heavy atom. The van der Waals surface area contributed by atoms with Crippen molar-refractivity contribution >= 4 is 23.2 Å². The second-order valence-electron chi connectivity index (χ2n) is 7.62. The number of halogens is 1. The van der Waals surface area contributed by atoms with Crippen LogP contribution in [0.15, 0.2) is 42.5 Å². The average Bonchev–Trinajstić information content (AvgIpc) is 2.66. The lowest BCUT2D eigenvalue weighted by Crippen LogP contribution is -2.33. The van der Waals surface area contributed by atoms with Gasteiger partial charge in [-0.2, -0.15) is 0 Å². The fraction of sp³-hybridized carbons (Fsp3) is 0.348. The highest BCUT2D eigenvalue weighted by Gasteiger charge is 2.35. The largest absolute Gasteiger partial charge is 0.378 e. The second-order valence-corrected chi connectivity index (χ2v) is 8.05. The van der Waals surface area contributed by atoms with Crippen LogP contribution in [0.1, 0.15) is 53.1 Å². The Kier molecular flexibility index (Phi) is 5.98. The molecule has 1 fully saturated rings. The van der Waals surface area contributed by atoms with Crippen LogP contribution in [-0.4, -0.2) is 30.7 Å². The van der Waals surface area contributed by atoms with Crippen LogP contribution in [0.4, 0.5) is 5.69 Å². The summed E-state index contributed by atoms with van der Waals surface area (Å²) in [6.07, 6.45) is 2.79. The minimum absolute atomic E-state index is 0.0230. The van der Waals surface area contributed by atoms with Crippen molar-refractivity contribution in [1.29, 1.82) is 0 Å². The lowest BCUT2D eigenvalue weighted by atomic mass is 9.74. The van der Waals surface area contributed by atoms with Gasteiger partial charge in [0.15, 0.2) is 0 Å². The summed E-state index contributed by atoms with van der Waals surface area (Å²) >= 11 is 6.01. The highest BCUT2D eigenvalue weighted by atomic mass is 35.5. The molecule has 28 heavy (non-hydrogen) atoms. The molecule has 0 aromatic heterocycles. The molecule has 1 aliphatic carbocycles. The van der Waals surface area contributed by atoms with Gasteiger partial charge in [0.2, 0.25) is 5.91 Å². The zero-order valence-electron chi connectivity index (χ0n) is 16.2. The molecular weight excluding hydrogens is 372 g/mol. The van der Waals surface area contributed by atoms with E-state index in [1.54, 1.807) is 18.2 Å². The minimum atomic E-state index is -1.10. The summed E-state index contributed by atoms with van der Waals surface area (Å²) in [7, 11) is 3.91. The fourth-order valence-electron chi connectivity index (χ4n) is 3.78. The monoisotopic (exact) mass is 396 g/mol. The molecule has 2 aromatic rings. The van der Waals surface area contributed by atoms with Gasteiger partial charge in [-0.3, -0.25) is 4.79 Å².